The van der Waals surface area contributed by atoms with Gasteiger partial charge in [0.1, 0.15) is 11.6 Å². The van der Waals surface area contributed by atoms with Gasteiger partial charge in [0.05, 0.1) is 22.1 Å². The van der Waals surface area contributed by atoms with E-state index >= 15 is 0 Å². The number of aromatic nitrogens is 4. The molecule has 0 fully saturated rings. The molecule has 0 spiro atoms. The van der Waals surface area contributed by atoms with E-state index in [4.69, 9.17) is 9.97 Å². The largest absolute Gasteiger partial charge is 0.323 e. The Balaban J connectivity index is 0.936. The highest BCUT2D eigenvalue weighted by Gasteiger charge is 2.26. The SMILES string of the molecule is CCCCC(CC)Cn1c(-c2ccc(N(c3ccccc3)c3ccc(-c4nc5c6cccc7ccc8cccc(c8c76)c5n4CC(CC)CCCC)cc3)cc2)nc2c3cccc4ccc5cccc(c5c43)c21. The molecule has 0 aliphatic carbocycles. The molecule has 2 aromatic heterocycles. The predicted molar refractivity (Wildman–Crippen MR) is 313 cm³/mol. The molecule has 0 radical (unpaired) electrons. The first-order valence-corrected chi connectivity index (χ1v) is 27.2. The third-order valence-corrected chi connectivity index (χ3v) is 16.5. The van der Waals surface area contributed by atoms with E-state index in [9.17, 15) is 0 Å². The van der Waals surface area contributed by atoms with Crippen LogP contribution < -0.4 is 4.90 Å². The van der Waals surface area contributed by atoms with Crippen molar-refractivity contribution in [2.24, 2.45) is 11.8 Å². The maximum Gasteiger partial charge on any atom is 0.141 e. The van der Waals surface area contributed by atoms with Gasteiger partial charge in [0.15, 0.2) is 0 Å². The number of hydrogen-bond acceptors (Lipinski definition) is 3. The van der Waals surface area contributed by atoms with E-state index in [0.717, 1.165) is 76.8 Å². The Hall–Kier alpha value is -7.76. The fourth-order valence-electron chi connectivity index (χ4n) is 12.6. The Morgan fingerprint density at radius 3 is 1.14 bits per heavy atom. The molecule has 360 valence electrons. The number of imidazole rings is 2. The highest BCUT2D eigenvalue weighted by atomic mass is 15.1. The fraction of sp³-hybridized carbons (Fsp3) is 0.235. The number of nitrogens with zero attached hydrogens (tertiary/aromatic N) is 5. The average Bonchev–Trinajstić information content (AvgIpc) is 4.03. The molecule has 0 aliphatic rings. The third-order valence-electron chi connectivity index (χ3n) is 16.5. The van der Waals surface area contributed by atoms with Crippen LogP contribution in [0.25, 0.3) is 109 Å². The van der Waals surface area contributed by atoms with Crippen molar-refractivity contribution in [2.75, 3.05) is 4.90 Å². The molecule has 2 atom stereocenters. The zero-order chi connectivity index (χ0) is 49.2. The second-order valence-corrected chi connectivity index (χ2v) is 20.8. The summed E-state index contributed by atoms with van der Waals surface area (Å²) in [6, 6.07) is 65.4. The Morgan fingerprint density at radius 1 is 0.384 bits per heavy atom. The van der Waals surface area contributed by atoms with Gasteiger partial charge in [-0.15, -0.1) is 0 Å². The third kappa shape index (κ3) is 7.49. The van der Waals surface area contributed by atoms with Crippen LogP contribution in [-0.2, 0) is 13.1 Å². The lowest BCUT2D eigenvalue weighted by molar-refractivity contribution is 0.397. The van der Waals surface area contributed by atoms with Crippen molar-refractivity contribution < 1.29 is 0 Å². The maximum absolute atomic E-state index is 5.67. The summed E-state index contributed by atoms with van der Waals surface area (Å²) in [6.07, 6.45) is 9.57. The van der Waals surface area contributed by atoms with Gasteiger partial charge in [0, 0.05) is 62.8 Å². The second-order valence-electron chi connectivity index (χ2n) is 20.8. The van der Waals surface area contributed by atoms with E-state index < -0.39 is 0 Å². The topological polar surface area (TPSA) is 38.9 Å². The highest BCUT2D eigenvalue weighted by molar-refractivity contribution is 6.34. The fourth-order valence-corrected chi connectivity index (χ4v) is 12.6. The second kappa shape index (κ2) is 18.7. The van der Waals surface area contributed by atoms with Crippen molar-refractivity contribution in [1.82, 2.24) is 19.1 Å². The van der Waals surface area contributed by atoms with Gasteiger partial charge in [-0.05, 0) is 128 Å². The molecule has 5 heteroatoms. The van der Waals surface area contributed by atoms with Gasteiger partial charge in [-0.25, -0.2) is 9.97 Å². The van der Waals surface area contributed by atoms with E-state index in [1.807, 2.05) is 0 Å². The summed E-state index contributed by atoms with van der Waals surface area (Å²) in [5.41, 5.74) is 10.3. The van der Waals surface area contributed by atoms with Crippen molar-refractivity contribution in [2.45, 2.75) is 92.2 Å². The molecule has 0 bridgehead atoms. The zero-order valence-corrected chi connectivity index (χ0v) is 42.7. The van der Waals surface area contributed by atoms with Crippen LogP contribution in [0.3, 0.4) is 0 Å². The quantitative estimate of drug-likeness (QED) is 0.0854. The highest BCUT2D eigenvalue weighted by Crippen LogP contribution is 2.46. The molecule has 0 saturated carbocycles. The summed E-state index contributed by atoms with van der Waals surface area (Å²) < 4.78 is 5.17. The molecule has 0 N–H and O–H groups in total. The molecule has 2 heterocycles. The van der Waals surface area contributed by atoms with Gasteiger partial charge in [0.2, 0.25) is 0 Å². The van der Waals surface area contributed by atoms with Gasteiger partial charge in [-0.2, -0.15) is 0 Å². The monoisotopic (exact) mass is 950 g/mol. The van der Waals surface area contributed by atoms with Gasteiger partial charge < -0.3 is 14.0 Å². The van der Waals surface area contributed by atoms with Crippen LogP contribution in [-0.4, -0.2) is 19.1 Å². The van der Waals surface area contributed by atoms with E-state index in [2.05, 4.69) is 218 Å². The molecular formula is C68H63N5. The van der Waals surface area contributed by atoms with Gasteiger partial charge in [-0.3, -0.25) is 0 Å². The van der Waals surface area contributed by atoms with E-state index in [1.54, 1.807) is 0 Å². The minimum Gasteiger partial charge on any atom is -0.323 e. The van der Waals surface area contributed by atoms with Gasteiger partial charge in [0.25, 0.3) is 0 Å². The maximum atomic E-state index is 5.67. The molecule has 5 nitrogen and oxygen atoms in total. The summed E-state index contributed by atoms with van der Waals surface area (Å²) in [4.78, 5) is 13.7. The van der Waals surface area contributed by atoms with Crippen molar-refractivity contribution in [3.05, 3.63) is 176 Å². The molecule has 2 unspecified atom stereocenters. The van der Waals surface area contributed by atoms with Crippen LogP contribution >= 0.6 is 0 Å². The van der Waals surface area contributed by atoms with Crippen LogP contribution in [0.1, 0.15) is 79.1 Å². The predicted octanol–water partition coefficient (Wildman–Crippen LogP) is 19.4. The van der Waals surface area contributed by atoms with E-state index in [-0.39, 0.29) is 0 Å². The number of unbranched alkanes of at least 4 members (excludes halogenated alkanes) is 2. The van der Waals surface area contributed by atoms with Crippen LogP contribution in [0.5, 0.6) is 0 Å². The van der Waals surface area contributed by atoms with Crippen LogP contribution in [0.15, 0.2) is 176 Å². The van der Waals surface area contributed by atoms with Gasteiger partial charge in [-0.1, -0.05) is 181 Å². The molecule has 73 heavy (non-hydrogen) atoms. The summed E-state index contributed by atoms with van der Waals surface area (Å²) in [6.45, 7) is 11.2. The molecule has 0 saturated heterocycles. The summed E-state index contributed by atoms with van der Waals surface area (Å²) >= 11 is 0. The smallest absolute Gasteiger partial charge is 0.141 e. The molecular weight excluding hydrogens is 887 g/mol. The number of fused-ring (bicyclic) bond motifs is 6. The Morgan fingerprint density at radius 2 is 0.753 bits per heavy atom. The molecule has 0 aliphatic heterocycles. The Kier molecular flexibility index (Phi) is 11.6. The van der Waals surface area contributed by atoms with E-state index in [0.29, 0.717) is 11.8 Å². The summed E-state index contributed by atoms with van der Waals surface area (Å²) in [7, 11) is 0. The first kappa shape index (κ1) is 45.1. The van der Waals surface area contributed by atoms with Crippen LogP contribution in [0, 0.1) is 11.8 Å². The number of benzene rings is 11. The number of rotatable bonds is 17. The molecule has 11 aromatic carbocycles. The molecule has 0 amide bonds. The average molecular weight is 950 g/mol. The van der Waals surface area contributed by atoms with Gasteiger partial charge >= 0.3 is 0 Å². The number of para-hydroxylation sites is 1. The standard InChI is InChI=1S/C68H63N5/c1-5-9-18-44(7-3)42-71-65-57-28-16-22-48-32-30-46-20-14-26-55(59(46)61(48)57)63(65)69-67(71)50-34-38-53(39-35-50)73(52-24-12-11-13-25-52)54-40-36-51(37-41-54)68-70-64-56-27-15-21-47-31-33-49-23-17-29-58(62(49)60(47)56)66(64)72(68)43-45(8-4)19-10-6-2/h11-17,20-41,44-45H,5-10,18-19,42-43H2,1-4H3. The summed E-state index contributed by atoms with van der Waals surface area (Å²) in [5.74, 6) is 3.19. The minimum atomic E-state index is 0.553. The Bertz CT molecular complexity index is 3840. The molecule has 13 rings (SSSR count). The van der Waals surface area contributed by atoms with Crippen molar-refractivity contribution >= 4 is 104 Å². The van der Waals surface area contributed by atoms with Crippen molar-refractivity contribution in [3.8, 4) is 22.8 Å². The number of hydrogen-bond donors (Lipinski definition) is 0. The van der Waals surface area contributed by atoms with Crippen LogP contribution in [0.4, 0.5) is 17.1 Å². The lowest BCUT2D eigenvalue weighted by Gasteiger charge is -2.26. The normalized spacial score (nSPS) is 13.1. The van der Waals surface area contributed by atoms with Crippen LogP contribution in [0.2, 0.25) is 0 Å². The number of anilines is 3. The first-order valence-electron chi connectivity index (χ1n) is 27.2. The Labute approximate surface area is 428 Å². The van der Waals surface area contributed by atoms with Crippen molar-refractivity contribution in [1.29, 1.82) is 0 Å². The zero-order valence-electron chi connectivity index (χ0n) is 42.7. The lowest BCUT2D eigenvalue weighted by atomic mass is 9.93. The summed E-state index contributed by atoms with van der Waals surface area (Å²) in [5, 5.41) is 15.5. The first-order chi connectivity index (χ1) is 36.0. The van der Waals surface area contributed by atoms with Crippen molar-refractivity contribution in [3.63, 3.8) is 0 Å². The minimum absolute atomic E-state index is 0.553. The molecule has 13 aromatic rings. The van der Waals surface area contributed by atoms with E-state index in [1.165, 1.54) is 114 Å². The lowest BCUT2D eigenvalue weighted by Crippen LogP contribution is -2.12.